The molecule has 0 radical (unpaired) electrons. The number of hydrogen-bond acceptors (Lipinski definition) is 3. The van der Waals surface area contributed by atoms with E-state index in [0.717, 1.165) is 6.42 Å². The molecule has 2 amide bonds. The van der Waals surface area contributed by atoms with Crippen LogP contribution in [0, 0.1) is 0 Å². The Kier molecular flexibility index (Phi) is 5.60. The molecular weight excluding hydrogens is 218 g/mol. The first kappa shape index (κ1) is 14.2. The van der Waals surface area contributed by atoms with Gasteiger partial charge in [0.15, 0.2) is 0 Å². The monoisotopic (exact) mass is 235 g/mol. The Morgan fingerprint density at radius 1 is 1.53 bits per heavy atom. The van der Waals surface area contributed by atoms with Crippen molar-refractivity contribution in [3.8, 4) is 0 Å². The predicted molar refractivity (Wildman–Crippen MR) is 59.4 cm³/mol. The van der Waals surface area contributed by atoms with Crippen LogP contribution in [-0.2, 0) is 9.59 Å². The van der Waals surface area contributed by atoms with Crippen molar-refractivity contribution < 1.29 is 9.59 Å². The largest absolute Gasteiger partial charge is 0.368 e. The molecule has 0 bridgehead atoms. The molecule has 1 aliphatic rings. The summed E-state index contributed by atoms with van der Waals surface area (Å²) in [4.78, 5) is 24.2. The minimum atomic E-state index is -0.505. The summed E-state index contributed by atoms with van der Waals surface area (Å²) in [6.45, 7) is 2.44. The molecule has 1 unspecified atom stereocenters. The zero-order valence-corrected chi connectivity index (χ0v) is 9.63. The van der Waals surface area contributed by atoms with Gasteiger partial charge >= 0.3 is 0 Å². The smallest absolute Gasteiger partial charge is 0.240 e. The van der Waals surface area contributed by atoms with Crippen LogP contribution in [0.25, 0.3) is 0 Å². The van der Waals surface area contributed by atoms with Crippen LogP contribution in [-0.4, -0.2) is 35.3 Å². The molecule has 1 fully saturated rings. The second-order valence-corrected chi connectivity index (χ2v) is 3.61. The summed E-state index contributed by atoms with van der Waals surface area (Å²) in [5, 5.41) is 0. The van der Waals surface area contributed by atoms with Gasteiger partial charge in [0.2, 0.25) is 11.8 Å². The van der Waals surface area contributed by atoms with Crippen LogP contribution in [0.5, 0.6) is 0 Å². The van der Waals surface area contributed by atoms with E-state index in [-0.39, 0.29) is 18.3 Å². The molecule has 2 atom stereocenters. The number of carbonyl (C=O) groups excluding carboxylic acids is 2. The van der Waals surface area contributed by atoms with Crippen molar-refractivity contribution >= 4 is 24.2 Å². The summed E-state index contributed by atoms with van der Waals surface area (Å²) in [5.41, 5.74) is 10.8. The van der Waals surface area contributed by atoms with Gasteiger partial charge in [-0.15, -0.1) is 12.4 Å². The van der Waals surface area contributed by atoms with Crippen molar-refractivity contribution in [3.05, 3.63) is 0 Å². The van der Waals surface area contributed by atoms with Crippen LogP contribution in [0.4, 0.5) is 0 Å². The third-order valence-corrected chi connectivity index (χ3v) is 2.62. The van der Waals surface area contributed by atoms with E-state index in [9.17, 15) is 9.59 Å². The lowest BCUT2D eigenvalue weighted by Gasteiger charge is -2.24. The molecule has 4 N–H and O–H groups in total. The van der Waals surface area contributed by atoms with Gasteiger partial charge < -0.3 is 16.4 Å². The van der Waals surface area contributed by atoms with Crippen LogP contribution in [0.15, 0.2) is 0 Å². The lowest BCUT2D eigenvalue weighted by Crippen LogP contribution is -2.49. The van der Waals surface area contributed by atoms with Gasteiger partial charge in [-0.1, -0.05) is 6.92 Å². The van der Waals surface area contributed by atoms with Crippen molar-refractivity contribution in [1.82, 2.24) is 4.90 Å². The minimum absolute atomic E-state index is 0. The Morgan fingerprint density at radius 3 is 2.60 bits per heavy atom. The second kappa shape index (κ2) is 5.92. The fourth-order valence-corrected chi connectivity index (χ4v) is 1.71. The van der Waals surface area contributed by atoms with Crippen molar-refractivity contribution in [2.75, 3.05) is 6.54 Å². The van der Waals surface area contributed by atoms with Gasteiger partial charge in [-0.05, 0) is 19.3 Å². The molecule has 5 nitrogen and oxygen atoms in total. The minimum Gasteiger partial charge on any atom is -0.368 e. The Bertz CT molecular complexity index is 248. The number of primary amides is 1. The summed E-state index contributed by atoms with van der Waals surface area (Å²) < 4.78 is 0. The maximum Gasteiger partial charge on any atom is 0.240 e. The molecular formula is C9H18ClN3O2. The molecule has 1 saturated heterocycles. The molecule has 1 rings (SSSR count). The molecule has 6 heteroatoms. The Labute approximate surface area is 95.6 Å². The van der Waals surface area contributed by atoms with Crippen molar-refractivity contribution in [1.29, 1.82) is 0 Å². The van der Waals surface area contributed by atoms with Crippen LogP contribution >= 0.6 is 12.4 Å². The molecule has 0 spiro atoms. The first-order valence-electron chi connectivity index (χ1n) is 4.93. The van der Waals surface area contributed by atoms with Crippen molar-refractivity contribution in [2.24, 2.45) is 11.5 Å². The Hall–Kier alpha value is -0.810. The Morgan fingerprint density at radius 2 is 2.13 bits per heavy atom. The lowest BCUT2D eigenvalue weighted by atomic mass is 10.1. The van der Waals surface area contributed by atoms with E-state index in [2.05, 4.69) is 0 Å². The van der Waals surface area contributed by atoms with Gasteiger partial charge in [-0.25, -0.2) is 0 Å². The molecule has 0 aromatic heterocycles. The fourth-order valence-electron chi connectivity index (χ4n) is 1.71. The van der Waals surface area contributed by atoms with Gasteiger partial charge in [0.1, 0.15) is 6.04 Å². The average Bonchev–Trinajstić information content (AvgIpc) is 2.63. The summed E-state index contributed by atoms with van der Waals surface area (Å²) in [6, 6.07) is -0.949. The maximum atomic E-state index is 11.7. The zero-order valence-electron chi connectivity index (χ0n) is 8.81. The highest BCUT2D eigenvalue weighted by atomic mass is 35.5. The highest BCUT2D eigenvalue weighted by Gasteiger charge is 2.34. The van der Waals surface area contributed by atoms with E-state index < -0.39 is 18.0 Å². The van der Waals surface area contributed by atoms with Gasteiger partial charge in [0, 0.05) is 6.54 Å². The average molecular weight is 236 g/mol. The number of halogens is 1. The van der Waals surface area contributed by atoms with E-state index in [0.29, 0.717) is 19.4 Å². The van der Waals surface area contributed by atoms with Gasteiger partial charge in [-0.2, -0.15) is 0 Å². The zero-order chi connectivity index (χ0) is 10.7. The molecule has 1 aliphatic heterocycles. The van der Waals surface area contributed by atoms with Crippen LogP contribution in [0.2, 0.25) is 0 Å². The van der Waals surface area contributed by atoms with Gasteiger partial charge in [0.25, 0.3) is 0 Å². The summed E-state index contributed by atoms with van der Waals surface area (Å²) in [6.07, 6.45) is 2.08. The van der Waals surface area contributed by atoms with E-state index in [4.69, 9.17) is 11.5 Å². The van der Waals surface area contributed by atoms with Crippen LogP contribution in [0.1, 0.15) is 26.2 Å². The molecule has 0 saturated carbocycles. The molecule has 0 aromatic carbocycles. The molecule has 15 heavy (non-hydrogen) atoms. The summed E-state index contributed by atoms with van der Waals surface area (Å²) in [5.74, 6) is -0.590. The normalized spacial score (nSPS) is 22.0. The third kappa shape index (κ3) is 3.07. The molecule has 0 aliphatic carbocycles. The van der Waals surface area contributed by atoms with Crippen molar-refractivity contribution in [2.45, 2.75) is 38.3 Å². The van der Waals surface area contributed by atoms with Crippen molar-refractivity contribution in [3.63, 3.8) is 0 Å². The number of rotatable bonds is 3. The van der Waals surface area contributed by atoms with E-state index in [1.165, 1.54) is 4.90 Å². The van der Waals surface area contributed by atoms with Crippen LogP contribution in [0.3, 0.4) is 0 Å². The fraction of sp³-hybridized carbons (Fsp3) is 0.778. The van der Waals surface area contributed by atoms with Gasteiger partial charge in [-0.3, -0.25) is 9.59 Å². The lowest BCUT2D eigenvalue weighted by molar-refractivity contribution is -0.138. The quantitative estimate of drug-likeness (QED) is 0.699. The molecule has 88 valence electrons. The molecule has 0 aromatic rings. The highest BCUT2D eigenvalue weighted by molar-refractivity contribution is 5.89. The summed E-state index contributed by atoms with van der Waals surface area (Å²) >= 11 is 0. The number of amides is 2. The first-order valence-corrected chi connectivity index (χ1v) is 4.93. The van der Waals surface area contributed by atoms with E-state index in [1.807, 2.05) is 6.92 Å². The number of likely N-dealkylation sites (tertiary alicyclic amines) is 1. The van der Waals surface area contributed by atoms with E-state index in [1.54, 1.807) is 0 Å². The molecule has 1 heterocycles. The topological polar surface area (TPSA) is 89.4 Å². The second-order valence-electron chi connectivity index (χ2n) is 3.61. The number of hydrogen-bond donors (Lipinski definition) is 2. The number of nitrogens with two attached hydrogens (primary N) is 2. The van der Waals surface area contributed by atoms with Gasteiger partial charge in [0.05, 0.1) is 6.04 Å². The standard InChI is InChI=1S/C9H17N3O2.ClH/c1-2-6(10)9(14)12-5-3-4-7(12)8(11)13;/h6-7H,2-5,10H2,1H3,(H2,11,13);1H/t6?,7-;/m0./s1. The maximum absolute atomic E-state index is 11.7. The summed E-state index contributed by atoms with van der Waals surface area (Å²) in [7, 11) is 0. The number of carbonyl (C=O) groups is 2. The number of nitrogens with zero attached hydrogens (tertiary/aromatic N) is 1. The highest BCUT2D eigenvalue weighted by Crippen LogP contribution is 2.17. The predicted octanol–water partition coefficient (Wildman–Crippen LogP) is -0.378. The van der Waals surface area contributed by atoms with E-state index >= 15 is 0 Å². The third-order valence-electron chi connectivity index (χ3n) is 2.62. The SMILES string of the molecule is CCC(N)C(=O)N1CCC[C@H]1C(N)=O.Cl. The first-order chi connectivity index (χ1) is 6.57. The van der Waals surface area contributed by atoms with Crippen LogP contribution < -0.4 is 11.5 Å². The Balaban J connectivity index is 0.00000196.